The van der Waals surface area contributed by atoms with Gasteiger partial charge in [0.05, 0.1) is 39.6 Å². The smallest absolute Gasteiger partial charge is 0.379 e. The number of phosphoric acid groups is 2. The van der Waals surface area contributed by atoms with E-state index >= 15 is 0 Å². The van der Waals surface area contributed by atoms with Crippen LogP contribution < -0.4 is 0 Å². The Morgan fingerprint density at radius 3 is 1.17 bits per heavy atom. The lowest BCUT2D eigenvalue weighted by molar-refractivity contribution is -0.0156. The van der Waals surface area contributed by atoms with Crippen molar-refractivity contribution in [2.45, 2.75) is 104 Å². The van der Waals surface area contributed by atoms with Crippen LogP contribution in [0.2, 0.25) is 0 Å². The van der Waals surface area contributed by atoms with Gasteiger partial charge in [-0.1, -0.05) is 186 Å². The Hall–Kier alpha value is -2.94. The molecule has 0 aliphatic carbocycles. The van der Waals surface area contributed by atoms with E-state index in [9.17, 15) is 9.13 Å². The van der Waals surface area contributed by atoms with Crippen molar-refractivity contribution < 1.29 is 41.0 Å². The third kappa shape index (κ3) is 18.6. The fourth-order valence-electron chi connectivity index (χ4n) is 5.49. The summed E-state index contributed by atoms with van der Waals surface area (Å²) in [5.74, 6) is 0. The van der Waals surface area contributed by atoms with Crippen LogP contribution in [0.3, 0.4) is 0 Å². The Morgan fingerprint density at radius 2 is 0.778 bits per heavy atom. The summed E-state index contributed by atoms with van der Waals surface area (Å²) in [6.07, 6.45) is 11.1. The largest absolute Gasteiger partial charge is 0.475 e. The predicted octanol–water partition coefficient (Wildman–Crippen LogP) is 12.4. The molecule has 4 rings (SSSR count). The van der Waals surface area contributed by atoms with Crippen LogP contribution in [-0.4, -0.2) is 25.9 Å². The summed E-state index contributed by atoms with van der Waals surface area (Å²) in [6, 6.07) is 37.4. The van der Waals surface area contributed by atoms with Gasteiger partial charge in [0.2, 0.25) is 0 Å². The van der Waals surface area contributed by atoms with E-state index in [1.54, 1.807) is 0 Å². The minimum atomic E-state index is -4.23. The van der Waals surface area contributed by atoms with Gasteiger partial charge in [-0.05, 0) is 28.7 Å². The Kier molecular flexibility index (Phi) is 21.1. The quantitative estimate of drug-likeness (QED) is 0.0378. The van der Waals surface area contributed by atoms with Crippen LogP contribution in [0.4, 0.5) is 0 Å². The van der Waals surface area contributed by atoms with Crippen LogP contribution in [0.25, 0.3) is 0 Å². The van der Waals surface area contributed by atoms with Crippen molar-refractivity contribution in [2.24, 2.45) is 0 Å². The number of phosphoric ester groups is 2. The molecule has 0 N–H and O–H groups in total. The van der Waals surface area contributed by atoms with Crippen molar-refractivity contribution in [3.05, 3.63) is 144 Å². The van der Waals surface area contributed by atoms with Crippen molar-refractivity contribution >= 4 is 15.6 Å². The summed E-state index contributed by atoms with van der Waals surface area (Å²) in [5, 5.41) is 0. The third-order valence-electron chi connectivity index (χ3n) is 8.57. The van der Waals surface area contributed by atoms with E-state index in [0.717, 1.165) is 41.5 Å². The lowest BCUT2D eigenvalue weighted by Gasteiger charge is -2.26. The Balaban J connectivity index is 1.42. The monoisotopic (exact) mass is 780 g/mol. The second kappa shape index (κ2) is 26.0. The highest BCUT2D eigenvalue weighted by Crippen LogP contribution is 2.54. The van der Waals surface area contributed by atoms with Gasteiger partial charge in [-0.2, -0.15) is 0 Å². The first-order valence-corrected chi connectivity index (χ1v) is 22.2. The third-order valence-corrected chi connectivity index (χ3v) is 11.4. The second-order valence-corrected chi connectivity index (χ2v) is 16.5. The van der Waals surface area contributed by atoms with E-state index in [0.29, 0.717) is 6.61 Å². The maximum Gasteiger partial charge on any atom is 0.475 e. The molecule has 0 aliphatic rings. The zero-order valence-electron chi connectivity index (χ0n) is 31.7. The molecule has 1 unspecified atom stereocenters. The number of hydrogen-bond acceptors (Lipinski definition) is 9. The Labute approximate surface area is 322 Å². The zero-order valence-corrected chi connectivity index (χ0v) is 33.5. The first kappa shape index (κ1) is 43.8. The molecule has 54 heavy (non-hydrogen) atoms. The van der Waals surface area contributed by atoms with E-state index in [1.165, 1.54) is 44.9 Å². The highest BCUT2D eigenvalue weighted by Gasteiger charge is 2.35. The standard InChI is InChI=1S/C43H58O9P2/c1-2-3-4-5-6-7-8-9-10-23-32-46-37-43(52-54(45,49-35-41-28-19-13-20-29-41)50-36-42-30-21-14-22-31-42)38-51-53(44,47-33-39-24-15-11-16-25-39)48-34-40-26-17-12-18-27-40/h11-22,24-31,43H,2-10,23,32-38H2,1H3. The molecule has 4 aromatic rings. The molecule has 0 aromatic heterocycles. The van der Waals surface area contributed by atoms with Crippen LogP contribution in [0, 0.1) is 0 Å². The van der Waals surface area contributed by atoms with Gasteiger partial charge in [0.1, 0.15) is 6.10 Å². The van der Waals surface area contributed by atoms with Gasteiger partial charge < -0.3 is 4.74 Å². The fourth-order valence-corrected chi connectivity index (χ4v) is 7.98. The topological polar surface area (TPSA) is 98.8 Å². The van der Waals surface area contributed by atoms with E-state index in [2.05, 4.69) is 6.92 Å². The van der Waals surface area contributed by atoms with Gasteiger partial charge in [-0.25, -0.2) is 9.13 Å². The number of rotatable bonds is 30. The molecule has 4 aromatic carbocycles. The minimum absolute atomic E-state index is 0.00740. The molecule has 1 atom stereocenters. The maximum absolute atomic E-state index is 14.3. The van der Waals surface area contributed by atoms with Crippen LogP contribution in [0.5, 0.6) is 0 Å². The summed E-state index contributed by atoms with van der Waals surface area (Å²) in [7, 11) is -8.40. The summed E-state index contributed by atoms with van der Waals surface area (Å²) in [6.45, 7) is 2.33. The number of ether oxygens (including phenoxy) is 1. The average molecular weight is 781 g/mol. The van der Waals surface area contributed by atoms with E-state index in [1.807, 2.05) is 121 Å². The summed E-state index contributed by atoms with van der Waals surface area (Å²) in [4.78, 5) is 0. The van der Waals surface area contributed by atoms with Crippen molar-refractivity contribution in [2.75, 3.05) is 19.8 Å². The lowest BCUT2D eigenvalue weighted by atomic mass is 10.1. The summed E-state index contributed by atoms with van der Waals surface area (Å²) < 4.78 is 70.0. The number of benzene rings is 4. The van der Waals surface area contributed by atoms with Crippen LogP contribution in [-0.2, 0) is 67.4 Å². The van der Waals surface area contributed by atoms with Gasteiger partial charge in [-0.3, -0.25) is 27.1 Å². The molecule has 0 aliphatic heterocycles. The van der Waals surface area contributed by atoms with Gasteiger partial charge in [0, 0.05) is 6.61 Å². The summed E-state index contributed by atoms with van der Waals surface area (Å²) in [5.41, 5.74) is 3.18. The lowest BCUT2D eigenvalue weighted by Crippen LogP contribution is -2.26. The van der Waals surface area contributed by atoms with Crippen molar-refractivity contribution in [3.63, 3.8) is 0 Å². The fraction of sp³-hybridized carbons (Fsp3) is 0.442. The molecule has 0 fully saturated rings. The average Bonchev–Trinajstić information content (AvgIpc) is 3.22. The molecule has 11 heteroatoms. The molecule has 294 valence electrons. The number of unbranched alkanes of at least 4 members (excludes halogenated alkanes) is 9. The molecular formula is C43H58O9P2. The molecule has 0 radical (unpaired) electrons. The van der Waals surface area contributed by atoms with Crippen molar-refractivity contribution in [3.8, 4) is 0 Å². The van der Waals surface area contributed by atoms with E-state index in [4.69, 9.17) is 31.9 Å². The highest BCUT2D eigenvalue weighted by molar-refractivity contribution is 7.48. The number of hydrogen-bond donors (Lipinski definition) is 0. The van der Waals surface area contributed by atoms with Crippen LogP contribution in [0.1, 0.15) is 93.4 Å². The zero-order chi connectivity index (χ0) is 38.0. The van der Waals surface area contributed by atoms with Crippen LogP contribution in [0.15, 0.2) is 121 Å². The molecule has 0 bridgehead atoms. The minimum Gasteiger partial charge on any atom is -0.379 e. The highest BCUT2D eigenvalue weighted by atomic mass is 31.2. The molecule has 0 spiro atoms. The Bertz CT molecular complexity index is 1520. The molecular weight excluding hydrogens is 722 g/mol. The first-order chi connectivity index (χ1) is 26.5. The van der Waals surface area contributed by atoms with E-state index < -0.39 is 21.7 Å². The van der Waals surface area contributed by atoms with Crippen molar-refractivity contribution in [1.82, 2.24) is 0 Å². The van der Waals surface area contributed by atoms with Gasteiger partial charge in [0.25, 0.3) is 0 Å². The first-order valence-electron chi connectivity index (χ1n) is 19.3. The van der Waals surface area contributed by atoms with Gasteiger partial charge in [-0.15, -0.1) is 0 Å². The SMILES string of the molecule is CCCCCCCCCCCCOCC(COP(=O)(OCc1ccccc1)OCc1ccccc1)OP(=O)(OCc1ccccc1)OCc1ccccc1. The summed E-state index contributed by atoms with van der Waals surface area (Å²) >= 11 is 0. The van der Waals surface area contributed by atoms with Gasteiger partial charge >= 0.3 is 15.6 Å². The molecule has 9 nitrogen and oxygen atoms in total. The van der Waals surface area contributed by atoms with Gasteiger partial charge in [0.15, 0.2) is 0 Å². The normalized spacial score (nSPS) is 12.5. The second-order valence-electron chi connectivity index (χ2n) is 13.2. The molecule has 0 amide bonds. The molecule has 0 saturated heterocycles. The maximum atomic E-state index is 14.3. The van der Waals surface area contributed by atoms with E-state index in [-0.39, 0.29) is 39.6 Å². The Morgan fingerprint density at radius 1 is 0.426 bits per heavy atom. The predicted molar refractivity (Wildman–Crippen MR) is 214 cm³/mol. The molecule has 0 saturated carbocycles. The molecule has 0 heterocycles. The van der Waals surface area contributed by atoms with Crippen molar-refractivity contribution in [1.29, 1.82) is 0 Å². The van der Waals surface area contributed by atoms with Crippen LogP contribution >= 0.6 is 15.6 Å².